The van der Waals surface area contributed by atoms with Crippen LogP contribution in [0.4, 0.5) is 8.78 Å². The number of hydrogen-bond donors (Lipinski definition) is 2. The number of nitrogens with one attached hydrogen (secondary N) is 1. The molecular weight excluding hydrogens is 368 g/mol. The lowest BCUT2D eigenvalue weighted by Crippen LogP contribution is -2.26. The Morgan fingerprint density at radius 3 is 2.79 bits per heavy atom. The van der Waals surface area contributed by atoms with Crippen molar-refractivity contribution < 1.29 is 17.5 Å². The van der Waals surface area contributed by atoms with Crippen molar-refractivity contribution in [1.29, 1.82) is 0 Å². The maximum atomic E-state index is 14.2. The molecule has 2 rings (SSSR count). The van der Waals surface area contributed by atoms with Gasteiger partial charge in [0.25, 0.3) is 0 Å². The molecule has 12 heteroatoms. The maximum absolute atomic E-state index is 14.2. The molecule has 0 bridgehead atoms. The van der Waals surface area contributed by atoms with E-state index >= 15 is 0 Å². The molecule has 0 aliphatic rings. The van der Waals surface area contributed by atoms with Crippen molar-refractivity contribution in [1.82, 2.24) is 24.5 Å². The van der Waals surface area contributed by atoms with E-state index in [0.29, 0.717) is 5.56 Å². The second-order valence-corrected chi connectivity index (χ2v) is 5.99. The number of alkyl halides is 1. The Labute approximate surface area is 142 Å². The van der Waals surface area contributed by atoms with Crippen molar-refractivity contribution in [3.63, 3.8) is 0 Å². The van der Waals surface area contributed by atoms with E-state index in [0.717, 1.165) is 15.4 Å². The first-order chi connectivity index (χ1) is 11.3. The topological polar surface area (TPSA) is 102 Å². The molecule has 0 amide bonds. The van der Waals surface area contributed by atoms with Crippen molar-refractivity contribution in [2.45, 2.75) is 25.9 Å². The molecule has 0 saturated heterocycles. The molecule has 0 spiro atoms. The Morgan fingerprint density at radius 1 is 1.46 bits per heavy atom. The molecule has 1 aromatic heterocycles. The van der Waals surface area contributed by atoms with Crippen LogP contribution in [0.15, 0.2) is 16.9 Å². The lowest BCUT2D eigenvalue weighted by molar-refractivity contribution is 0.427. The van der Waals surface area contributed by atoms with Gasteiger partial charge in [-0.15, -0.1) is 0 Å². The van der Waals surface area contributed by atoms with Crippen LogP contribution in [-0.4, -0.2) is 35.2 Å². The van der Waals surface area contributed by atoms with Crippen molar-refractivity contribution in [3.05, 3.63) is 39.0 Å². The molecule has 1 aromatic carbocycles. The molecule has 24 heavy (non-hydrogen) atoms. The Bertz CT molecular complexity index is 812. The third kappa shape index (κ3) is 4.04. The van der Waals surface area contributed by atoms with Gasteiger partial charge < -0.3 is 0 Å². The quantitative estimate of drug-likeness (QED) is 0.705. The van der Waals surface area contributed by atoms with Crippen molar-refractivity contribution in [3.8, 4) is 5.69 Å². The number of aryl methyl sites for hydroxylation is 1. The summed E-state index contributed by atoms with van der Waals surface area (Å²) in [6.45, 7) is 0.928. The number of aromatic nitrogens is 4. The first kappa shape index (κ1) is 18.6. The van der Waals surface area contributed by atoms with E-state index in [4.69, 9.17) is 16.2 Å². The third-order valence-corrected chi connectivity index (χ3v) is 4.06. The van der Waals surface area contributed by atoms with E-state index in [1.165, 1.54) is 13.0 Å². The maximum Gasteiger partial charge on any atom is 0.368 e. The Kier molecular flexibility index (Phi) is 6.15. The largest absolute Gasteiger partial charge is 0.368 e. The summed E-state index contributed by atoms with van der Waals surface area (Å²) in [7, 11) is 0. The standard InChI is InChI=1S/C12H14ClF2N5O3S/c1-7(16-24(22)23)8-5-11(10(15)6-9(8)13)20-12(21)19(17-18-20)4-2-3-14/h5-7,16H,2-4H2,1H3,(H,22,23). The van der Waals surface area contributed by atoms with Gasteiger partial charge in [-0.3, -0.25) is 8.94 Å². The number of benzene rings is 1. The zero-order valence-electron chi connectivity index (χ0n) is 12.4. The second-order valence-electron chi connectivity index (χ2n) is 4.85. The number of halogens is 3. The molecule has 2 unspecified atom stereocenters. The molecule has 132 valence electrons. The third-order valence-electron chi connectivity index (χ3n) is 3.18. The predicted molar refractivity (Wildman–Crippen MR) is 83.5 cm³/mol. The molecule has 0 saturated carbocycles. The highest BCUT2D eigenvalue weighted by Crippen LogP contribution is 2.27. The van der Waals surface area contributed by atoms with Gasteiger partial charge in [-0.25, -0.2) is 18.1 Å². The van der Waals surface area contributed by atoms with Crippen LogP contribution >= 0.6 is 11.6 Å². The van der Waals surface area contributed by atoms with E-state index in [1.807, 2.05) is 0 Å². The minimum absolute atomic E-state index is 0.0127. The predicted octanol–water partition coefficient (Wildman–Crippen LogP) is 1.37. The Hall–Kier alpha value is -1.69. The number of nitrogens with zero attached hydrogens (tertiary/aromatic N) is 4. The zero-order valence-corrected chi connectivity index (χ0v) is 14.0. The summed E-state index contributed by atoms with van der Waals surface area (Å²) < 4.78 is 50.0. The summed E-state index contributed by atoms with van der Waals surface area (Å²) in [5.74, 6) is -0.819. The van der Waals surface area contributed by atoms with E-state index in [9.17, 15) is 17.8 Å². The van der Waals surface area contributed by atoms with Gasteiger partial charge in [0, 0.05) is 11.1 Å². The fourth-order valence-corrected chi connectivity index (χ4v) is 2.78. The van der Waals surface area contributed by atoms with Crippen LogP contribution in [0.2, 0.25) is 5.02 Å². The summed E-state index contributed by atoms with van der Waals surface area (Å²) in [6, 6.07) is 1.51. The van der Waals surface area contributed by atoms with Crippen LogP contribution in [0.3, 0.4) is 0 Å². The monoisotopic (exact) mass is 381 g/mol. The van der Waals surface area contributed by atoms with Gasteiger partial charge in [0.15, 0.2) is 5.82 Å². The average molecular weight is 382 g/mol. The van der Waals surface area contributed by atoms with Gasteiger partial charge >= 0.3 is 5.69 Å². The van der Waals surface area contributed by atoms with E-state index < -0.39 is 35.5 Å². The molecule has 0 aliphatic carbocycles. The molecule has 2 atom stereocenters. The lowest BCUT2D eigenvalue weighted by atomic mass is 10.1. The second kappa shape index (κ2) is 7.92. The van der Waals surface area contributed by atoms with Gasteiger partial charge in [0.05, 0.1) is 13.2 Å². The molecule has 1 heterocycles. The highest BCUT2D eigenvalue weighted by molar-refractivity contribution is 7.77. The van der Waals surface area contributed by atoms with Crippen LogP contribution in [0, 0.1) is 5.82 Å². The fourth-order valence-electron chi connectivity index (χ4n) is 2.04. The molecule has 0 aliphatic heterocycles. The molecular formula is C12H14ClF2N5O3S. The highest BCUT2D eigenvalue weighted by atomic mass is 35.5. The van der Waals surface area contributed by atoms with Gasteiger partial charge in [-0.2, -0.15) is 9.36 Å². The molecule has 2 aromatic rings. The lowest BCUT2D eigenvalue weighted by Gasteiger charge is -2.14. The molecule has 0 radical (unpaired) electrons. The minimum atomic E-state index is -2.30. The van der Waals surface area contributed by atoms with Crippen molar-refractivity contribution in [2.75, 3.05) is 6.67 Å². The van der Waals surface area contributed by atoms with Crippen LogP contribution in [0.5, 0.6) is 0 Å². The Morgan fingerprint density at radius 2 is 2.17 bits per heavy atom. The molecule has 8 nitrogen and oxygen atoms in total. The highest BCUT2D eigenvalue weighted by Gasteiger charge is 2.19. The van der Waals surface area contributed by atoms with Crippen molar-refractivity contribution in [2.24, 2.45) is 0 Å². The number of tetrazole rings is 1. The average Bonchev–Trinajstić information content (AvgIpc) is 2.85. The van der Waals surface area contributed by atoms with Crippen LogP contribution < -0.4 is 10.4 Å². The number of hydrogen-bond acceptors (Lipinski definition) is 4. The van der Waals surface area contributed by atoms with E-state index in [2.05, 4.69) is 15.1 Å². The SMILES string of the molecule is CC(NS(=O)O)c1cc(-n2nnn(CCCF)c2=O)c(F)cc1Cl. The van der Waals surface area contributed by atoms with Crippen molar-refractivity contribution >= 4 is 22.9 Å². The summed E-state index contributed by atoms with van der Waals surface area (Å²) in [5.41, 5.74) is -0.661. The zero-order chi connectivity index (χ0) is 17.9. The first-order valence-electron chi connectivity index (χ1n) is 6.80. The first-order valence-corrected chi connectivity index (χ1v) is 8.28. The Balaban J connectivity index is 2.46. The molecule has 2 N–H and O–H groups in total. The van der Waals surface area contributed by atoms with Crippen LogP contribution in [-0.2, 0) is 17.8 Å². The van der Waals surface area contributed by atoms with E-state index in [-0.39, 0.29) is 23.7 Å². The minimum Gasteiger partial charge on any atom is -0.294 e. The normalized spacial score (nSPS) is 13.9. The van der Waals surface area contributed by atoms with Crippen LogP contribution in [0.1, 0.15) is 24.9 Å². The summed E-state index contributed by atoms with van der Waals surface area (Å²) >= 11 is 3.65. The van der Waals surface area contributed by atoms with Gasteiger partial charge in [-0.05, 0) is 41.5 Å². The van der Waals surface area contributed by atoms with Gasteiger partial charge in [0.1, 0.15) is 5.69 Å². The van der Waals surface area contributed by atoms with E-state index in [1.54, 1.807) is 0 Å². The van der Waals surface area contributed by atoms with Crippen LogP contribution in [0.25, 0.3) is 5.69 Å². The smallest absolute Gasteiger partial charge is 0.294 e. The number of rotatable bonds is 7. The summed E-state index contributed by atoms with van der Waals surface area (Å²) in [5, 5.41) is 7.15. The summed E-state index contributed by atoms with van der Waals surface area (Å²) in [4.78, 5) is 12.1. The molecule has 0 fully saturated rings. The van der Waals surface area contributed by atoms with Gasteiger partial charge in [-0.1, -0.05) is 11.6 Å². The summed E-state index contributed by atoms with van der Waals surface area (Å²) in [6.07, 6.45) is 0.0796. The fraction of sp³-hybridized carbons (Fsp3) is 0.417. The van der Waals surface area contributed by atoms with Gasteiger partial charge in [0.2, 0.25) is 11.3 Å².